The Morgan fingerprint density at radius 2 is 1.68 bits per heavy atom. The number of likely N-dealkylation sites (tertiary alicyclic amines) is 1. The maximum absolute atomic E-state index is 13.0. The molecule has 5 amide bonds. The number of alkyl carbamates (subject to hydrolysis) is 1. The van der Waals surface area contributed by atoms with Crippen molar-refractivity contribution in [2.24, 2.45) is 0 Å². The van der Waals surface area contributed by atoms with Crippen molar-refractivity contribution in [1.29, 1.82) is 0 Å². The predicted molar refractivity (Wildman–Crippen MR) is 175 cm³/mol. The molecule has 15 heteroatoms. The molecule has 15 nitrogen and oxygen atoms in total. The highest BCUT2D eigenvalue weighted by Crippen LogP contribution is 2.19. The molecule has 1 aromatic heterocycles. The van der Waals surface area contributed by atoms with Crippen LogP contribution in [0, 0.1) is 6.92 Å². The Kier molecular flexibility index (Phi) is 11.4. The summed E-state index contributed by atoms with van der Waals surface area (Å²) >= 11 is 0. The van der Waals surface area contributed by atoms with Gasteiger partial charge < -0.3 is 30.3 Å². The van der Waals surface area contributed by atoms with Crippen molar-refractivity contribution in [3.8, 4) is 5.69 Å². The van der Waals surface area contributed by atoms with Crippen molar-refractivity contribution >= 4 is 29.9 Å². The molecule has 0 radical (unpaired) electrons. The molecule has 256 valence electrons. The number of carboxylic acid groups (broad SMARTS) is 1. The van der Waals surface area contributed by atoms with Gasteiger partial charge in [0.05, 0.1) is 5.69 Å². The summed E-state index contributed by atoms with van der Waals surface area (Å²) in [5, 5.41) is 16.8. The van der Waals surface area contributed by atoms with Gasteiger partial charge in [-0.1, -0.05) is 13.0 Å². The zero-order valence-electron chi connectivity index (χ0n) is 27.7. The average Bonchev–Trinajstić information content (AvgIpc) is 3.00. The van der Waals surface area contributed by atoms with Crippen molar-refractivity contribution in [3.63, 3.8) is 0 Å². The molecule has 0 bridgehead atoms. The van der Waals surface area contributed by atoms with Crippen molar-refractivity contribution in [2.45, 2.75) is 78.1 Å². The number of hydrogen-bond acceptors (Lipinski definition) is 8. The Hall–Kier alpha value is -4.66. The van der Waals surface area contributed by atoms with Gasteiger partial charge in [-0.2, -0.15) is 4.98 Å². The Bertz CT molecular complexity index is 1510. The summed E-state index contributed by atoms with van der Waals surface area (Å²) in [5.74, 6) is -0.112. The minimum absolute atomic E-state index is 0.0184. The van der Waals surface area contributed by atoms with Crippen LogP contribution >= 0.6 is 0 Å². The molecule has 2 aliphatic rings. The van der Waals surface area contributed by atoms with Gasteiger partial charge in [-0.3, -0.25) is 19.6 Å². The molecule has 0 saturated carbocycles. The van der Waals surface area contributed by atoms with Gasteiger partial charge in [0, 0.05) is 58.1 Å². The van der Waals surface area contributed by atoms with Gasteiger partial charge in [0.2, 0.25) is 5.91 Å². The lowest BCUT2D eigenvalue weighted by atomic mass is 10.0. The second-order valence-electron chi connectivity index (χ2n) is 12.9. The number of ether oxygens (including phenoxy) is 1. The van der Waals surface area contributed by atoms with E-state index in [2.05, 4.69) is 25.8 Å². The number of amides is 5. The van der Waals surface area contributed by atoms with Crippen LogP contribution in [0.15, 0.2) is 35.3 Å². The number of aryl methyl sites for hydroxylation is 1. The van der Waals surface area contributed by atoms with Crippen LogP contribution in [0.4, 0.5) is 20.2 Å². The van der Waals surface area contributed by atoms with Crippen LogP contribution < -0.4 is 21.6 Å². The molecule has 1 aromatic carbocycles. The number of nitrogens with one attached hydrogen (secondary N) is 3. The standard InChI is InChI=1S/C32H46N8O7/c1-6-25(34-31(46)47-32(3,4)5)27(41)38-15-17-39(18-16-38)28(42)35-26-11-14-40(29(43)36-26)24-8-7-22(21(2)19-24)20-37-12-9-23(10-13-37)33-30(44)45/h7-8,11,14,19,23,25,33H,6,9-10,12-13,15-18,20H2,1-5H3,(H,34,46)(H,44,45)(H,35,36,42,43). The summed E-state index contributed by atoms with van der Waals surface area (Å²) in [6.07, 6.45) is 1.85. The van der Waals surface area contributed by atoms with E-state index in [4.69, 9.17) is 9.84 Å². The lowest BCUT2D eigenvalue weighted by Crippen LogP contribution is -2.56. The zero-order valence-corrected chi connectivity index (χ0v) is 27.7. The normalized spacial score (nSPS) is 16.7. The van der Waals surface area contributed by atoms with Gasteiger partial charge in [0.1, 0.15) is 17.5 Å². The van der Waals surface area contributed by atoms with E-state index in [1.165, 1.54) is 4.57 Å². The summed E-state index contributed by atoms with van der Waals surface area (Å²) in [4.78, 5) is 71.5. The largest absolute Gasteiger partial charge is 0.465 e. The molecule has 2 aromatic rings. The highest BCUT2D eigenvalue weighted by atomic mass is 16.6. The van der Waals surface area contributed by atoms with E-state index in [0.29, 0.717) is 25.2 Å². The number of aromatic nitrogens is 2. The summed E-state index contributed by atoms with van der Waals surface area (Å²) < 4.78 is 6.68. The van der Waals surface area contributed by atoms with Gasteiger partial charge in [-0.05, 0) is 76.3 Å². The fraction of sp³-hybridized carbons (Fsp3) is 0.562. The van der Waals surface area contributed by atoms with Gasteiger partial charge >= 0.3 is 23.9 Å². The number of carbonyl (C=O) groups is 4. The van der Waals surface area contributed by atoms with E-state index < -0.39 is 35.6 Å². The monoisotopic (exact) mass is 654 g/mol. The zero-order chi connectivity index (χ0) is 34.3. The van der Waals surface area contributed by atoms with Gasteiger partial charge in [0.25, 0.3) is 0 Å². The second kappa shape index (κ2) is 15.3. The molecular formula is C32H46N8O7. The first-order valence-electron chi connectivity index (χ1n) is 16.0. The van der Waals surface area contributed by atoms with Crippen LogP contribution in [0.5, 0.6) is 0 Å². The number of piperazine rings is 1. The molecule has 47 heavy (non-hydrogen) atoms. The second-order valence-corrected chi connectivity index (χ2v) is 12.9. The van der Waals surface area contributed by atoms with Gasteiger partial charge in [-0.15, -0.1) is 0 Å². The molecule has 2 fully saturated rings. The first-order valence-corrected chi connectivity index (χ1v) is 16.0. The van der Waals surface area contributed by atoms with E-state index in [-0.39, 0.29) is 30.9 Å². The van der Waals surface area contributed by atoms with Gasteiger partial charge in [-0.25, -0.2) is 19.2 Å². The molecule has 0 spiro atoms. The number of nitrogens with zero attached hydrogens (tertiary/aromatic N) is 5. The highest BCUT2D eigenvalue weighted by Gasteiger charge is 2.30. The van der Waals surface area contributed by atoms with Crippen LogP contribution in [0.2, 0.25) is 0 Å². The van der Waals surface area contributed by atoms with Crippen LogP contribution in [0.1, 0.15) is 58.1 Å². The smallest absolute Gasteiger partial charge is 0.408 e. The topological polar surface area (TPSA) is 178 Å². The molecule has 1 unspecified atom stereocenters. The Balaban J connectivity index is 1.28. The van der Waals surface area contributed by atoms with E-state index in [9.17, 15) is 24.0 Å². The summed E-state index contributed by atoms with van der Waals surface area (Å²) in [5.41, 5.74) is 1.57. The molecule has 4 N–H and O–H groups in total. The third-order valence-corrected chi connectivity index (χ3v) is 8.23. The van der Waals surface area contributed by atoms with E-state index in [0.717, 1.165) is 43.6 Å². The maximum atomic E-state index is 13.0. The van der Waals surface area contributed by atoms with Crippen molar-refractivity contribution < 1.29 is 29.0 Å². The number of urea groups is 1. The van der Waals surface area contributed by atoms with Crippen LogP contribution in [0.3, 0.4) is 0 Å². The molecular weight excluding hydrogens is 608 g/mol. The van der Waals surface area contributed by atoms with Crippen molar-refractivity contribution in [2.75, 3.05) is 44.6 Å². The van der Waals surface area contributed by atoms with Crippen molar-refractivity contribution in [1.82, 2.24) is 34.9 Å². The maximum Gasteiger partial charge on any atom is 0.408 e. The Morgan fingerprint density at radius 1 is 1.02 bits per heavy atom. The summed E-state index contributed by atoms with van der Waals surface area (Å²) in [6.45, 7) is 12.5. The van der Waals surface area contributed by atoms with Crippen LogP contribution in [-0.4, -0.2) is 110 Å². The Labute approximate surface area is 274 Å². The first-order chi connectivity index (χ1) is 22.2. The van der Waals surface area contributed by atoms with Crippen LogP contribution in [0.25, 0.3) is 5.69 Å². The summed E-state index contributed by atoms with van der Waals surface area (Å²) in [6, 6.07) is 6.14. The third-order valence-electron chi connectivity index (χ3n) is 8.23. The van der Waals surface area contributed by atoms with Crippen molar-refractivity contribution in [3.05, 3.63) is 52.1 Å². The predicted octanol–water partition coefficient (Wildman–Crippen LogP) is 2.75. The molecule has 2 aliphatic heterocycles. The molecule has 2 saturated heterocycles. The van der Waals surface area contributed by atoms with E-state index >= 15 is 0 Å². The molecule has 0 aliphatic carbocycles. The van der Waals surface area contributed by atoms with E-state index in [1.54, 1.807) is 49.8 Å². The third kappa shape index (κ3) is 9.91. The highest BCUT2D eigenvalue weighted by molar-refractivity contribution is 5.89. The quantitative estimate of drug-likeness (QED) is 0.333. The number of anilines is 1. The lowest BCUT2D eigenvalue weighted by Gasteiger charge is -2.36. The lowest BCUT2D eigenvalue weighted by molar-refractivity contribution is -0.135. The van der Waals surface area contributed by atoms with Crippen LogP contribution in [-0.2, 0) is 16.1 Å². The fourth-order valence-corrected chi connectivity index (χ4v) is 5.65. The Morgan fingerprint density at radius 3 is 2.26 bits per heavy atom. The summed E-state index contributed by atoms with van der Waals surface area (Å²) in [7, 11) is 0. The number of rotatable bonds is 8. The first kappa shape index (κ1) is 35.2. The fourth-order valence-electron chi connectivity index (χ4n) is 5.65. The minimum atomic E-state index is -0.989. The SMILES string of the molecule is CCC(NC(=O)OC(C)(C)C)C(=O)N1CCN(C(=O)Nc2ccn(-c3ccc(CN4CCC(NC(=O)O)CC4)c(C)c3)c(=O)n2)CC1. The minimum Gasteiger partial charge on any atom is -0.465 e. The van der Waals surface area contributed by atoms with Gasteiger partial charge in [0.15, 0.2) is 0 Å². The molecule has 3 heterocycles. The number of benzene rings is 1. The number of piperidine rings is 1. The average molecular weight is 655 g/mol. The molecule has 4 rings (SSSR count). The van der Waals surface area contributed by atoms with E-state index in [1.807, 2.05) is 25.1 Å². The number of hydrogen-bond donors (Lipinski definition) is 4. The number of carbonyl (C=O) groups excluding carboxylic acids is 3. The molecule has 1 atom stereocenters.